The highest BCUT2D eigenvalue weighted by molar-refractivity contribution is 7.15. The minimum absolute atomic E-state index is 0.603. The molecule has 2 aromatic rings. The van der Waals surface area contributed by atoms with Crippen LogP contribution in [0.25, 0.3) is 0 Å². The van der Waals surface area contributed by atoms with E-state index in [1.54, 1.807) is 29.7 Å². The summed E-state index contributed by atoms with van der Waals surface area (Å²) in [6.45, 7) is 0. The number of hydrogen-bond donors (Lipinski definition) is 1. The quantitative estimate of drug-likeness (QED) is 0.879. The minimum atomic E-state index is 0.603. The van der Waals surface area contributed by atoms with Gasteiger partial charge in [0.25, 0.3) is 0 Å². The first-order chi connectivity index (χ1) is 8.35. The maximum Gasteiger partial charge on any atom is 0.188 e. The largest absolute Gasteiger partial charge is 0.316 e. The van der Waals surface area contributed by atoms with E-state index in [4.69, 9.17) is 5.26 Å². The zero-order valence-corrected chi connectivity index (χ0v) is 9.92. The number of thiazole rings is 1. The first-order valence-electron chi connectivity index (χ1n) is 5.47. The van der Waals surface area contributed by atoms with Crippen LogP contribution in [0.2, 0.25) is 0 Å². The van der Waals surface area contributed by atoms with E-state index >= 15 is 0 Å². The molecule has 1 aliphatic carbocycles. The normalized spacial score (nSPS) is 13.1. The lowest BCUT2D eigenvalue weighted by Crippen LogP contribution is -1.93. The summed E-state index contributed by atoms with van der Waals surface area (Å²) in [6.07, 6.45) is 5.07. The van der Waals surface area contributed by atoms with Crippen LogP contribution in [0.5, 0.6) is 0 Å². The van der Waals surface area contributed by atoms with Crippen molar-refractivity contribution in [1.29, 1.82) is 5.26 Å². The zero-order valence-electron chi connectivity index (χ0n) is 9.10. The fraction of sp³-hybridized carbons (Fsp3) is 0.250. The maximum atomic E-state index is 8.80. The fourth-order valence-corrected chi connectivity index (χ4v) is 2.98. The molecule has 0 amide bonds. The number of nitrogens with one attached hydrogen (secondary N) is 1. The lowest BCUT2D eigenvalue weighted by atomic mass is 10.3. The Hall–Kier alpha value is -1.93. The molecule has 17 heavy (non-hydrogen) atoms. The molecular weight excluding hydrogens is 232 g/mol. The summed E-state index contributed by atoms with van der Waals surface area (Å²) in [7, 11) is 0. The Morgan fingerprint density at radius 2 is 2.35 bits per heavy atom. The second-order valence-electron chi connectivity index (χ2n) is 3.91. The monoisotopic (exact) mass is 242 g/mol. The topological polar surface area (TPSA) is 61.6 Å². The van der Waals surface area contributed by atoms with Crippen molar-refractivity contribution in [2.75, 3.05) is 5.32 Å². The molecule has 2 aromatic heterocycles. The Balaban J connectivity index is 1.84. The average Bonchev–Trinajstić information content (AvgIpc) is 2.90. The van der Waals surface area contributed by atoms with Crippen LogP contribution in [0, 0.1) is 11.3 Å². The molecule has 5 heteroatoms. The van der Waals surface area contributed by atoms with Gasteiger partial charge in [-0.15, -0.1) is 11.3 Å². The van der Waals surface area contributed by atoms with Crippen LogP contribution in [0.15, 0.2) is 18.3 Å². The molecule has 1 N–H and O–H groups in total. The molecule has 0 spiro atoms. The second-order valence-corrected chi connectivity index (χ2v) is 4.99. The van der Waals surface area contributed by atoms with Gasteiger partial charge in [0.15, 0.2) is 5.13 Å². The van der Waals surface area contributed by atoms with Crippen molar-refractivity contribution in [3.8, 4) is 6.07 Å². The number of rotatable bonds is 2. The molecular formula is C12H10N4S. The molecule has 0 bridgehead atoms. The number of nitrogens with zero attached hydrogens (tertiary/aromatic N) is 3. The number of nitriles is 1. The molecule has 1 aliphatic rings. The van der Waals surface area contributed by atoms with Crippen molar-refractivity contribution < 1.29 is 0 Å². The standard InChI is InChI=1S/C12H10N4S/c13-7-8-4-5-14-11(6-8)16-12-15-9-2-1-3-10(9)17-12/h4-6H,1-3H2,(H,14,15,16). The van der Waals surface area contributed by atoms with Crippen LogP contribution in [-0.4, -0.2) is 9.97 Å². The van der Waals surface area contributed by atoms with Crippen molar-refractivity contribution in [3.05, 3.63) is 34.5 Å². The summed E-state index contributed by atoms with van der Waals surface area (Å²) in [5, 5.41) is 12.8. The Labute approximate surface area is 103 Å². The van der Waals surface area contributed by atoms with Crippen molar-refractivity contribution in [1.82, 2.24) is 9.97 Å². The molecule has 0 aromatic carbocycles. The zero-order chi connectivity index (χ0) is 11.7. The minimum Gasteiger partial charge on any atom is -0.316 e. The lowest BCUT2D eigenvalue weighted by molar-refractivity contribution is 0.900. The van der Waals surface area contributed by atoms with E-state index in [9.17, 15) is 0 Å². The van der Waals surface area contributed by atoms with Crippen molar-refractivity contribution in [3.63, 3.8) is 0 Å². The van der Waals surface area contributed by atoms with Crippen molar-refractivity contribution in [2.24, 2.45) is 0 Å². The van der Waals surface area contributed by atoms with E-state index in [2.05, 4.69) is 21.4 Å². The third kappa shape index (κ3) is 1.99. The van der Waals surface area contributed by atoms with Gasteiger partial charge in [0, 0.05) is 11.1 Å². The molecule has 0 unspecified atom stereocenters. The van der Waals surface area contributed by atoms with Gasteiger partial charge in [-0.3, -0.25) is 0 Å². The van der Waals surface area contributed by atoms with Gasteiger partial charge >= 0.3 is 0 Å². The van der Waals surface area contributed by atoms with E-state index < -0.39 is 0 Å². The SMILES string of the molecule is N#Cc1ccnc(Nc2nc3c(s2)CCC3)c1. The van der Waals surface area contributed by atoms with Crippen LogP contribution in [-0.2, 0) is 12.8 Å². The average molecular weight is 242 g/mol. The molecule has 4 nitrogen and oxygen atoms in total. The molecule has 3 rings (SSSR count). The van der Waals surface area contributed by atoms with Gasteiger partial charge in [0.05, 0.1) is 17.3 Å². The van der Waals surface area contributed by atoms with Crippen LogP contribution >= 0.6 is 11.3 Å². The Bertz CT molecular complexity index is 575. The Morgan fingerprint density at radius 3 is 3.18 bits per heavy atom. The predicted octanol–water partition coefficient (Wildman–Crippen LogP) is 2.64. The van der Waals surface area contributed by atoms with Crippen LogP contribution in [0.1, 0.15) is 22.6 Å². The first-order valence-corrected chi connectivity index (χ1v) is 6.28. The number of anilines is 2. The summed E-state index contributed by atoms with van der Waals surface area (Å²) in [5.41, 5.74) is 1.82. The van der Waals surface area contributed by atoms with Gasteiger partial charge in [-0.1, -0.05) is 0 Å². The smallest absolute Gasteiger partial charge is 0.188 e. The van der Waals surface area contributed by atoms with E-state index in [1.165, 1.54) is 17.0 Å². The molecule has 0 radical (unpaired) electrons. The fourth-order valence-electron chi connectivity index (χ4n) is 1.92. The van der Waals surface area contributed by atoms with Gasteiger partial charge in [-0.2, -0.15) is 5.26 Å². The summed E-state index contributed by atoms with van der Waals surface area (Å²) >= 11 is 1.69. The number of aryl methyl sites for hydroxylation is 2. The molecule has 2 heterocycles. The summed E-state index contributed by atoms with van der Waals surface area (Å²) in [5.74, 6) is 0.677. The summed E-state index contributed by atoms with van der Waals surface area (Å²) in [4.78, 5) is 10.1. The number of hydrogen-bond acceptors (Lipinski definition) is 5. The third-order valence-electron chi connectivity index (χ3n) is 2.72. The number of fused-ring (bicyclic) bond motifs is 1. The third-order valence-corrected chi connectivity index (χ3v) is 3.79. The molecule has 0 saturated heterocycles. The van der Waals surface area contributed by atoms with E-state index in [1.807, 2.05) is 0 Å². The van der Waals surface area contributed by atoms with Gasteiger partial charge in [0.1, 0.15) is 5.82 Å². The summed E-state index contributed by atoms with van der Waals surface area (Å²) < 4.78 is 0. The van der Waals surface area contributed by atoms with Crippen molar-refractivity contribution in [2.45, 2.75) is 19.3 Å². The number of aromatic nitrogens is 2. The predicted molar refractivity (Wildman–Crippen MR) is 66.4 cm³/mol. The Kier molecular flexibility index (Phi) is 2.50. The first kappa shape index (κ1) is 10.2. The summed E-state index contributed by atoms with van der Waals surface area (Å²) in [6, 6.07) is 5.51. The van der Waals surface area contributed by atoms with Crippen molar-refractivity contribution >= 4 is 22.3 Å². The van der Waals surface area contributed by atoms with Gasteiger partial charge in [-0.05, 0) is 31.4 Å². The van der Waals surface area contributed by atoms with Gasteiger partial charge in [0.2, 0.25) is 0 Å². The van der Waals surface area contributed by atoms with Crippen LogP contribution in [0.4, 0.5) is 10.9 Å². The molecule has 0 atom stereocenters. The lowest BCUT2D eigenvalue weighted by Gasteiger charge is -2.01. The van der Waals surface area contributed by atoms with E-state index in [-0.39, 0.29) is 0 Å². The Morgan fingerprint density at radius 1 is 1.41 bits per heavy atom. The highest BCUT2D eigenvalue weighted by Crippen LogP contribution is 2.31. The van der Waals surface area contributed by atoms with Crippen LogP contribution in [0.3, 0.4) is 0 Å². The molecule has 0 saturated carbocycles. The highest BCUT2D eigenvalue weighted by atomic mass is 32.1. The molecule has 0 fully saturated rings. The van der Waals surface area contributed by atoms with E-state index in [0.29, 0.717) is 11.4 Å². The van der Waals surface area contributed by atoms with Gasteiger partial charge < -0.3 is 5.32 Å². The molecule has 84 valence electrons. The second kappa shape index (κ2) is 4.15. The highest BCUT2D eigenvalue weighted by Gasteiger charge is 2.16. The van der Waals surface area contributed by atoms with Crippen LogP contribution < -0.4 is 5.32 Å². The van der Waals surface area contributed by atoms with E-state index in [0.717, 1.165) is 18.0 Å². The number of pyridine rings is 1. The molecule has 0 aliphatic heterocycles. The van der Waals surface area contributed by atoms with Gasteiger partial charge in [-0.25, -0.2) is 9.97 Å². The maximum absolute atomic E-state index is 8.80.